The van der Waals surface area contributed by atoms with Crippen molar-refractivity contribution in [2.24, 2.45) is 0 Å². The molecule has 0 aliphatic rings. The number of carbonyl (C=O) groups is 1. The summed E-state index contributed by atoms with van der Waals surface area (Å²) >= 11 is 0. The lowest BCUT2D eigenvalue weighted by Gasteiger charge is -1.84. The highest BCUT2D eigenvalue weighted by molar-refractivity contribution is 5.87. The van der Waals surface area contributed by atoms with Crippen LogP contribution in [0.25, 0.3) is 0 Å². The van der Waals surface area contributed by atoms with Gasteiger partial charge in [-0.3, -0.25) is 4.79 Å². The van der Waals surface area contributed by atoms with E-state index in [2.05, 4.69) is 19.1 Å². The molecule has 0 heterocycles. The molecule has 0 bridgehead atoms. The molecule has 1 nitrogen and oxygen atoms in total. The zero-order valence-electron chi connectivity index (χ0n) is 7.34. The Bertz CT molecular complexity index is 154. The van der Waals surface area contributed by atoms with Crippen molar-refractivity contribution in [3.05, 3.63) is 24.3 Å². The smallest absolute Gasteiger partial charge is 0.152 e. The molecule has 1 heteroatoms. The van der Waals surface area contributed by atoms with Crippen LogP contribution in [0.15, 0.2) is 24.3 Å². The zero-order valence-corrected chi connectivity index (χ0v) is 7.34. The largest absolute Gasteiger partial charge is 0.295 e. The molecule has 0 fully saturated rings. The van der Waals surface area contributed by atoms with Crippen LogP contribution in [0.5, 0.6) is 0 Å². The lowest BCUT2D eigenvalue weighted by molar-refractivity contribution is -0.112. The standard InChI is InChI=1S/C10H16O/c1-3-4-5-6-7-8-9-10(2)11/h4-5,8-9H,3,6-7H2,1-2H3/b5-4?,9-8+. The summed E-state index contributed by atoms with van der Waals surface area (Å²) in [5.41, 5.74) is 0. The molecule has 0 saturated heterocycles. The average molecular weight is 152 g/mol. The van der Waals surface area contributed by atoms with Crippen LogP contribution in [0.4, 0.5) is 0 Å². The van der Waals surface area contributed by atoms with Crippen molar-refractivity contribution < 1.29 is 4.79 Å². The molecule has 0 spiro atoms. The third kappa shape index (κ3) is 9.15. The van der Waals surface area contributed by atoms with Crippen molar-refractivity contribution in [2.45, 2.75) is 33.1 Å². The Balaban J connectivity index is 3.27. The molecule has 0 amide bonds. The van der Waals surface area contributed by atoms with E-state index in [0.717, 1.165) is 19.3 Å². The second-order valence-electron chi connectivity index (χ2n) is 2.47. The minimum atomic E-state index is 0.129. The number of allylic oxidation sites excluding steroid dienone is 4. The second-order valence-corrected chi connectivity index (χ2v) is 2.47. The molecular formula is C10H16O. The van der Waals surface area contributed by atoms with Crippen molar-refractivity contribution in [1.29, 1.82) is 0 Å². The second kappa shape index (κ2) is 7.26. The third-order valence-corrected chi connectivity index (χ3v) is 1.25. The molecule has 0 radical (unpaired) electrons. The van der Waals surface area contributed by atoms with Crippen LogP contribution >= 0.6 is 0 Å². The van der Waals surface area contributed by atoms with Gasteiger partial charge in [0.2, 0.25) is 0 Å². The van der Waals surface area contributed by atoms with Crippen LogP contribution in [0.2, 0.25) is 0 Å². The molecular weight excluding hydrogens is 136 g/mol. The van der Waals surface area contributed by atoms with E-state index in [9.17, 15) is 4.79 Å². The molecule has 0 rings (SSSR count). The van der Waals surface area contributed by atoms with E-state index < -0.39 is 0 Å². The van der Waals surface area contributed by atoms with Gasteiger partial charge >= 0.3 is 0 Å². The van der Waals surface area contributed by atoms with Gasteiger partial charge in [-0.2, -0.15) is 0 Å². The van der Waals surface area contributed by atoms with E-state index in [1.165, 1.54) is 0 Å². The van der Waals surface area contributed by atoms with Gasteiger partial charge in [0.1, 0.15) is 0 Å². The maximum Gasteiger partial charge on any atom is 0.152 e. The first kappa shape index (κ1) is 10.2. The van der Waals surface area contributed by atoms with Gasteiger partial charge in [-0.05, 0) is 32.3 Å². The summed E-state index contributed by atoms with van der Waals surface area (Å²) in [7, 11) is 0. The zero-order chi connectivity index (χ0) is 8.53. The van der Waals surface area contributed by atoms with Gasteiger partial charge in [-0.25, -0.2) is 0 Å². The molecule has 0 N–H and O–H groups in total. The van der Waals surface area contributed by atoms with E-state index in [0.29, 0.717) is 0 Å². The first-order valence-electron chi connectivity index (χ1n) is 4.09. The maximum atomic E-state index is 10.4. The van der Waals surface area contributed by atoms with E-state index in [1.807, 2.05) is 6.08 Å². The Morgan fingerprint density at radius 1 is 1.18 bits per heavy atom. The van der Waals surface area contributed by atoms with Crippen molar-refractivity contribution in [2.75, 3.05) is 0 Å². The van der Waals surface area contributed by atoms with Gasteiger partial charge < -0.3 is 0 Å². The molecule has 0 aliphatic heterocycles. The Morgan fingerprint density at radius 3 is 2.36 bits per heavy atom. The molecule has 0 atom stereocenters. The van der Waals surface area contributed by atoms with Gasteiger partial charge in [0.05, 0.1) is 0 Å². The van der Waals surface area contributed by atoms with E-state index >= 15 is 0 Å². The lowest BCUT2D eigenvalue weighted by atomic mass is 10.2. The van der Waals surface area contributed by atoms with Crippen molar-refractivity contribution in [1.82, 2.24) is 0 Å². The molecule has 0 aromatic heterocycles. The lowest BCUT2D eigenvalue weighted by Crippen LogP contribution is -1.78. The summed E-state index contributed by atoms with van der Waals surface area (Å²) in [5.74, 6) is 0.129. The highest BCUT2D eigenvalue weighted by Crippen LogP contribution is 1.93. The third-order valence-electron chi connectivity index (χ3n) is 1.25. The quantitative estimate of drug-likeness (QED) is 0.336. The van der Waals surface area contributed by atoms with Crippen molar-refractivity contribution in [3.8, 4) is 0 Å². The Kier molecular flexibility index (Phi) is 6.70. The number of unbranched alkanes of at least 4 members (excludes halogenated alkanes) is 1. The van der Waals surface area contributed by atoms with Crippen LogP contribution in [0.3, 0.4) is 0 Å². The molecule has 11 heavy (non-hydrogen) atoms. The Morgan fingerprint density at radius 2 is 1.82 bits per heavy atom. The van der Waals surface area contributed by atoms with Gasteiger partial charge in [0.15, 0.2) is 5.78 Å². The van der Waals surface area contributed by atoms with Crippen LogP contribution < -0.4 is 0 Å². The summed E-state index contributed by atoms with van der Waals surface area (Å²) in [6.07, 6.45) is 10.9. The van der Waals surface area contributed by atoms with Crippen LogP contribution in [-0.4, -0.2) is 5.78 Å². The van der Waals surface area contributed by atoms with Gasteiger partial charge in [-0.1, -0.05) is 25.2 Å². The number of rotatable bonds is 5. The topological polar surface area (TPSA) is 17.1 Å². The fraction of sp³-hybridized carbons (Fsp3) is 0.500. The van der Waals surface area contributed by atoms with Crippen LogP contribution in [-0.2, 0) is 4.79 Å². The first-order chi connectivity index (χ1) is 5.27. The summed E-state index contributed by atoms with van der Waals surface area (Å²) in [4.78, 5) is 10.4. The minimum Gasteiger partial charge on any atom is -0.295 e. The molecule has 0 saturated carbocycles. The summed E-state index contributed by atoms with van der Waals surface area (Å²) < 4.78 is 0. The Labute approximate surface area is 68.8 Å². The predicted octanol–water partition coefficient (Wildman–Crippen LogP) is 2.88. The summed E-state index contributed by atoms with van der Waals surface area (Å²) in [6, 6.07) is 0. The van der Waals surface area contributed by atoms with E-state index in [4.69, 9.17) is 0 Å². The van der Waals surface area contributed by atoms with E-state index in [1.54, 1.807) is 13.0 Å². The maximum absolute atomic E-state index is 10.4. The monoisotopic (exact) mass is 152 g/mol. The molecule has 0 aliphatic carbocycles. The average Bonchev–Trinajstić information content (AvgIpc) is 1.96. The minimum absolute atomic E-state index is 0.129. The highest BCUT2D eigenvalue weighted by atomic mass is 16.1. The fourth-order valence-corrected chi connectivity index (χ4v) is 0.726. The molecule has 0 unspecified atom stereocenters. The SMILES string of the molecule is CCC=CCC/C=C/C(C)=O. The number of hydrogen-bond donors (Lipinski definition) is 0. The van der Waals surface area contributed by atoms with Gasteiger partial charge in [0, 0.05) is 0 Å². The molecule has 0 aromatic rings. The number of carbonyl (C=O) groups excluding carboxylic acids is 1. The van der Waals surface area contributed by atoms with E-state index in [-0.39, 0.29) is 5.78 Å². The van der Waals surface area contributed by atoms with Crippen LogP contribution in [0.1, 0.15) is 33.1 Å². The van der Waals surface area contributed by atoms with Crippen LogP contribution in [0, 0.1) is 0 Å². The first-order valence-corrected chi connectivity index (χ1v) is 4.09. The number of ketones is 1. The molecule has 62 valence electrons. The Hall–Kier alpha value is -0.850. The van der Waals surface area contributed by atoms with Crippen molar-refractivity contribution in [3.63, 3.8) is 0 Å². The highest BCUT2D eigenvalue weighted by Gasteiger charge is 1.80. The summed E-state index contributed by atoms with van der Waals surface area (Å²) in [5, 5.41) is 0. The summed E-state index contributed by atoms with van der Waals surface area (Å²) in [6.45, 7) is 3.68. The number of hydrogen-bond acceptors (Lipinski definition) is 1. The van der Waals surface area contributed by atoms with Gasteiger partial charge in [-0.15, -0.1) is 0 Å². The fourth-order valence-electron chi connectivity index (χ4n) is 0.726. The van der Waals surface area contributed by atoms with Gasteiger partial charge in [0.25, 0.3) is 0 Å². The van der Waals surface area contributed by atoms with Crippen molar-refractivity contribution >= 4 is 5.78 Å². The predicted molar refractivity (Wildman–Crippen MR) is 48.5 cm³/mol. The normalized spacial score (nSPS) is 11.5. The molecule has 0 aromatic carbocycles.